The van der Waals surface area contributed by atoms with Crippen LogP contribution in [0.4, 0.5) is 4.79 Å². The topological polar surface area (TPSA) is 85.9 Å². The van der Waals surface area contributed by atoms with Gasteiger partial charge in [-0.05, 0) is 29.8 Å². The zero-order valence-corrected chi connectivity index (χ0v) is 13.8. The predicted octanol–water partition coefficient (Wildman–Crippen LogP) is 2.91. The lowest BCUT2D eigenvalue weighted by atomic mass is 10.0. The Labute approximate surface area is 145 Å². The molecule has 1 heterocycles. The van der Waals surface area contributed by atoms with E-state index in [9.17, 15) is 15.0 Å². The molecular formula is C19H20N2O4. The lowest BCUT2D eigenvalue weighted by Gasteiger charge is -2.28. The maximum absolute atomic E-state index is 11.1. The summed E-state index contributed by atoms with van der Waals surface area (Å²) in [4.78, 5) is 12.2. The molecule has 3 N–H and O–H groups in total. The molecule has 0 aliphatic carbocycles. The number of hydrogen-bond donors (Lipinski definition) is 3. The van der Waals surface area contributed by atoms with E-state index in [4.69, 9.17) is 5.11 Å². The highest BCUT2D eigenvalue weighted by molar-refractivity contribution is 5.82. The number of aliphatic hydroxyl groups excluding tert-OH is 1. The molecule has 3 rings (SSSR count). The van der Waals surface area contributed by atoms with Crippen molar-refractivity contribution < 1.29 is 20.1 Å². The van der Waals surface area contributed by atoms with Gasteiger partial charge in [0.1, 0.15) is 5.75 Å². The quantitative estimate of drug-likeness (QED) is 0.666. The minimum atomic E-state index is -1.09. The van der Waals surface area contributed by atoms with Gasteiger partial charge < -0.3 is 24.8 Å². The smallest absolute Gasteiger partial charge is 0.407 e. The van der Waals surface area contributed by atoms with E-state index in [-0.39, 0.29) is 12.3 Å². The van der Waals surface area contributed by atoms with Crippen LogP contribution in [-0.2, 0) is 0 Å². The van der Waals surface area contributed by atoms with Crippen LogP contribution < -0.4 is 0 Å². The van der Waals surface area contributed by atoms with Crippen LogP contribution in [0.25, 0.3) is 10.9 Å². The Kier molecular flexibility index (Phi) is 4.63. The van der Waals surface area contributed by atoms with E-state index in [0.717, 1.165) is 21.4 Å². The van der Waals surface area contributed by atoms with E-state index in [1.807, 2.05) is 47.2 Å². The number of likely N-dealkylation sites (N-methyl/N-ethyl adjacent to an activating group) is 1. The first-order valence-corrected chi connectivity index (χ1v) is 7.94. The SMILES string of the molecule is CN(C[C@@H](O)[C@H](c1ccccc1)n1ccc2cc(O)ccc21)C(=O)O. The molecule has 0 fully saturated rings. The van der Waals surface area contributed by atoms with Crippen molar-refractivity contribution in [1.82, 2.24) is 9.47 Å². The van der Waals surface area contributed by atoms with Gasteiger partial charge >= 0.3 is 6.09 Å². The summed E-state index contributed by atoms with van der Waals surface area (Å²) in [7, 11) is 1.43. The van der Waals surface area contributed by atoms with Crippen molar-refractivity contribution in [3.05, 3.63) is 66.4 Å². The summed E-state index contributed by atoms with van der Waals surface area (Å²) in [6.07, 6.45) is -0.188. The van der Waals surface area contributed by atoms with Crippen molar-refractivity contribution in [1.29, 1.82) is 0 Å². The van der Waals surface area contributed by atoms with Crippen LogP contribution in [0.1, 0.15) is 11.6 Å². The number of hydrogen-bond acceptors (Lipinski definition) is 3. The third kappa shape index (κ3) is 3.44. The molecule has 3 aromatic rings. The Morgan fingerprint density at radius 2 is 1.88 bits per heavy atom. The number of aliphatic hydroxyl groups is 1. The highest BCUT2D eigenvalue weighted by atomic mass is 16.4. The first-order valence-electron chi connectivity index (χ1n) is 7.94. The zero-order valence-electron chi connectivity index (χ0n) is 13.8. The summed E-state index contributed by atoms with van der Waals surface area (Å²) in [5, 5.41) is 30.4. The standard InChI is InChI=1S/C19H20N2O4/c1-20(19(24)25)12-17(23)18(13-5-3-2-4-6-13)21-10-9-14-11-15(22)7-8-16(14)21/h2-11,17-18,22-23H,12H2,1H3,(H,24,25)/t17-,18+/m1/s1. The van der Waals surface area contributed by atoms with Crippen molar-refractivity contribution in [3.8, 4) is 5.75 Å². The van der Waals surface area contributed by atoms with Gasteiger partial charge in [0.2, 0.25) is 0 Å². The van der Waals surface area contributed by atoms with Crippen LogP contribution in [0.2, 0.25) is 0 Å². The van der Waals surface area contributed by atoms with Crippen LogP contribution in [0.3, 0.4) is 0 Å². The Morgan fingerprint density at radius 3 is 2.56 bits per heavy atom. The predicted molar refractivity (Wildman–Crippen MR) is 94.8 cm³/mol. The molecule has 0 saturated heterocycles. The molecule has 0 aliphatic rings. The van der Waals surface area contributed by atoms with E-state index >= 15 is 0 Å². The number of amides is 1. The van der Waals surface area contributed by atoms with Gasteiger partial charge in [0, 0.05) is 24.1 Å². The van der Waals surface area contributed by atoms with Gasteiger partial charge in [0.25, 0.3) is 0 Å². The van der Waals surface area contributed by atoms with Crippen LogP contribution >= 0.6 is 0 Å². The van der Waals surface area contributed by atoms with Gasteiger partial charge in [-0.15, -0.1) is 0 Å². The lowest BCUT2D eigenvalue weighted by molar-refractivity contribution is 0.0850. The maximum Gasteiger partial charge on any atom is 0.407 e. The van der Waals surface area contributed by atoms with Crippen molar-refractivity contribution in [2.75, 3.05) is 13.6 Å². The van der Waals surface area contributed by atoms with Crippen molar-refractivity contribution in [3.63, 3.8) is 0 Å². The second-order valence-electron chi connectivity index (χ2n) is 6.05. The number of aromatic nitrogens is 1. The fourth-order valence-electron chi connectivity index (χ4n) is 3.07. The Bertz CT molecular complexity index is 876. The largest absolute Gasteiger partial charge is 0.508 e. The summed E-state index contributed by atoms with van der Waals surface area (Å²) in [6.45, 7) is -0.0212. The highest BCUT2D eigenvalue weighted by Crippen LogP contribution is 2.30. The van der Waals surface area contributed by atoms with E-state index in [2.05, 4.69) is 0 Å². The van der Waals surface area contributed by atoms with Gasteiger partial charge in [-0.25, -0.2) is 4.79 Å². The monoisotopic (exact) mass is 340 g/mol. The Hall–Kier alpha value is -2.99. The lowest BCUT2D eigenvalue weighted by Crippen LogP contribution is -2.38. The molecule has 1 amide bonds. The minimum Gasteiger partial charge on any atom is -0.508 e. The molecule has 0 unspecified atom stereocenters. The van der Waals surface area contributed by atoms with Crippen molar-refractivity contribution in [2.24, 2.45) is 0 Å². The number of phenols is 1. The van der Waals surface area contributed by atoms with E-state index in [0.29, 0.717) is 0 Å². The third-order valence-corrected chi connectivity index (χ3v) is 4.30. The second-order valence-corrected chi connectivity index (χ2v) is 6.05. The fourth-order valence-corrected chi connectivity index (χ4v) is 3.07. The number of nitrogens with zero attached hydrogens (tertiary/aromatic N) is 2. The molecule has 1 aromatic heterocycles. The van der Waals surface area contributed by atoms with Gasteiger partial charge in [-0.3, -0.25) is 0 Å². The molecule has 25 heavy (non-hydrogen) atoms. The average molecular weight is 340 g/mol. The number of aromatic hydroxyl groups is 1. The summed E-state index contributed by atoms with van der Waals surface area (Å²) >= 11 is 0. The molecule has 0 radical (unpaired) electrons. The first kappa shape index (κ1) is 16.9. The van der Waals surface area contributed by atoms with Crippen LogP contribution in [-0.4, -0.2) is 50.6 Å². The highest BCUT2D eigenvalue weighted by Gasteiger charge is 2.26. The van der Waals surface area contributed by atoms with E-state index < -0.39 is 18.2 Å². The van der Waals surface area contributed by atoms with Crippen molar-refractivity contribution in [2.45, 2.75) is 12.1 Å². The molecule has 0 spiro atoms. The van der Waals surface area contributed by atoms with E-state index in [1.165, 1.54) is 7.05 Å². The Morgan fingerprint density at radius 1 is 1.16 bits per heavy atom. The van der Waals surface area contributed by atoms with Crippen LogP contribution in [0, 0.1) is 0 Å². The number of rotatable bonds is 5. The summed E-state index contributed by atoms with van der Waals surface area (Å²) in [6, 6.07) is 15.9. The maximum atomic E-state index is 11.1. The average Bonchev–Trinajstić information content (AvgIpc) is 2.98. The van der Waals surface area contributed by atoms with Crippen molar-refractivity contribution >= 4 is 17.0 Å². The summed E-state index contributed by atoms with van der Waals surface area (Å²) < 4.78 is 1.91. The molecule has 0 saturated carbocycles. The molecular weight excluding hydrogens is 320 g/mol. The summed E-state index contributed by atoms with van der Waals surface area (Å²) in [5.74, 6) is 0.174. The van der Waals surface area contributed by atoms with Gasteiger partial charge in [-0.1, -0.05) is 30.3 Å². The minimum absolute atomic E-state index is 0.0212. The molecule has 130 valence electrons. The van der Waals surface area contributed by atoms with Crippen LogP contribution in [0.5, 0.6) is 5.75 Å². The molecule has 2 atom stereocenters. The normalized spacial score (nSPS) is 13.5. The second kappa shape index (κ2) is 6.86. The fraction of sp³-hybridized carbons (Fsp3) is 0.211. The van der Waals surface area contributed by atoms with Gasteiger partial charge in [0.15, 0.2) is 0 Å². The summed E-state index contributed by atoms with van der Waals surface area (Å²) in [5.41, 5.74) is 1.73. The number of benzene rings is 2. The van der Waals surface area contributed by atoms with Crippen LogP contribution in [0.15, 0.2) is 60.8 Å². The third-order valence-electron chi connectivity index (χ3n) is 4.30. The Balaban J connectivity index is 2.06. The van der Waals surface area contributed by atoms with E-state index in [1.54, 1.807) is 18.2 Å². The zero-order chi connectivity index (χ0) is 18.0. The number of fused-ring (bicyclic) bond motifs is 1. The van der Waals surface area contributed by atoms with Gasteiger partial charge in [-0.2, -0.15) is 0 Å². The first-order chi connectivity index (χ1) is 12.0. The molecule has 0 bridgehead atoms. The number of carbonyl (C=O) groups is 1. The molecule has 6 nitrogen and oxygen atoms in total. The molecule has 0 aliphatic heterocycles. The number of carboxylic acid groups (broad SMARTS) is 1. The number of phenolic OH excluding ortho intramolecular Hbond substituents is 1. The molecule has 6 heteroatoms. The molecule has 2 aromatic carbocycles. The van der Waals surface area contributed by atoms with Gasteiger partial charge in [0.05, 0.1) is 18.7 Å².